The minimum Gasteiger partial charge on any atom is -0.396 e. The van der Waals surface area contributed by atoms with E-state index in [4.69, 9.17) is 5.11 Å². The van der Waals surface area contributed by atoms with Gasteiger partial charge in [-0.3, -0.25) is 14.3 Å². The Bertz CT molecular complexity index is 991. The Hall–Kier alpha value is -3.25. The van der Waals surface area contributed by atoms with Crippen molar-refractivity contribution in [3.8, 4) is 0 Å². The van der Waals surface area contributed by atoms with Crippen molar-refractivity contribution in [2.24, 2.45) is 0 Å². The monoisotopic (exact) mass is 375 g/mol. The molecule has 1 aliphatic heterocycles. The lowest BCUT2D eigenvalue weighted by molar-refractivity contribution is 0.0956. The zero-order valence-corrected chi connectivity index (χ0v) is 15.4. The molecule has 0 aliphatic carbocycles. The van der Waals surface area contributed by atoms with Gasteiger partial charge < -0.3 is 10.0 Å². The molecule has 6 heteroatoms. The van der Waals surface area contributed by atoms with Gasteiger partial charge in [0.25, 0.3) is 5.91 Å². The molecule has 6 nitrogen and oxygen atoms in total. The summed E-state index contributed by atoms with van der Waals surface area (Å²) in [5.41, 5.74) is 4.98. The highest BCUT2D eigenvalue weighted by atomic mass is 16.3. The minimum atomic E-state index is -0.196. The first-order valence-corrected chi connectivity index (χ1v) is 9.30. The van der Waals surface area contributed by atoms with Crippen LogP contribution in [0.15, 0.2) is 54.7 Å². The first-order valence-electron chi connectivity index (χ1n) is 9.30. The number of aliphatic hydroxyl groups excluding tert-OH is 1. The van der Waals surface area contributed by atoms with Gasteiger partial charge in [-0.15, -0.1) is 0 Å². The number of carbonyl (C=O) groups excluding carboxylic acids is 2. The molecule has 0 saturated heterocycles. The van der Waals surface area contributed by atoms with Crippen LogP contribution in [-0.4, -0.2) is 40.2 Å². The van der Waals surface area contributed by atoms with E-state index in [0.717, 1.165) is 23.2 Å². The van der Waals surface area contributed by atoms with Crippen LogP contribution < -0.4 is 4.90 Å². The van der Waals surface area contributed by atoms with Gasteiger partial charge in [0.15, 0.2) is 6.29 Å². The Labute approximate surface area is 163 Å². The van der Waals surface area contributed by atoms with Crippen molar-refractivity contribution in [2.45, 2.75) is 19.4 Å². The predicted octanol–water partition coefficient (Wildman–Crippen LogP) is 2.48. The molecule has 1 amide bonds. The van der Waals surface area contributed by atoms with E-state index in [1.165, 1.54) is 11.8 Å². The van der Waals surface area contributed by atoms with E-state index in [0.29, 0.717) is 37.1 Å². The number of nitrogens with zero attached hydrogens (tertiary/aromatic N) is 3. The van der Waals surface area contributed by atoms with Crippen molar-refractivity contribution in [2.75, 3.05) is 18.1 Å². The molecule has 0 unspecified atom stereocenters. The molecule has 142 valence electrons. The number of anilines is 1. The fourth-order valence-electron chi connectivity index (χ4n) is 3.54. The van der Waals surface area contributed by atoms with E-state index in [9.17, 15) is 9.59 Å². The number of aromatic nitrogens is 2. The molecule has 3 aromatic rings. The average molecular weight is 375 g/mol. The van der Waals surface area contributed by atoms with Gasteiger partial charge in [-0.25, -0.2) is 0 Å². The second-order valence-corrected chi connectivity index (χ2v) is 6.88. The first-order chi connectivity index (χ1) is 13.7. The molecule has 4 rings (SSSR count). The van der Waals surface area contributed by atoms with Gasteiger partial charge in [0.1, 0.15) is 5.69 Å². The number of hydrogen-bond donors (Lipinski definition) is 1. The van der Waals surface area contributed by atoms with Crippen LogP contribution in [0.5, 0.6) is 0 Å². The molecule has 0 bridgehead atoms. The van der Waals surface area contributed by atoms with Crippen LogP contribution in [-0.2, 0) is 19.4 Å². The maximum atomic E-state index is 12.8. The smallest absolute Gasteiger partial charge is 0.277 e. The topological polar surface area (TPSA) is 75.4 Å². The molecule has 1 aliphatic rings. The number of aliphatic hydroxyl groups is 1. The Morgan fingerprint density at radius 3 is 2.25 bits per heavy atom. The summed E-state index contributed by atoms with van der Waals surface area (Å²) in [5.74, 6) is -0.196. The average Bonchev–Trinajstić information content (AvgIpc) is 3.15. The maximum absolute atomic E-state index is 12.8. The Kier molecular flexibility index (Phi) is 5.04. The molecule has 0 spiro atoms. The van der Waals surface area contributed by atoms with Crippen LogP contribution >= 0.6 is 0 Å². The summed E-state index contributed by atoms with van der Waals surface area (Å²) in [5, 5.41) is 13.1. The quantitative estimate of drug-likeness (QED) is 0.672. The zero-order chi connectivity index (χ0) is 19.5. The molecule has 1 aromatic heterocycles. The summed E-state index contributed by atoms with van der Waals surface area (Å²) in [4.78, 5) is 25.7. The summed E-state index contributed by atoms with van der Waals surface area (Å²) in [7, 11) is 0. The van der Waals surface area contributed by atoms with Crippen molar-refractivity contribution in [1.82, 2.24) is 9.78 Å². The molecule has 0 radical (unpaired) electrons. The van der Waals surface area contributed by atoms with Crippen molar-refractivity contribution >= 4 is 17.9 Å². The lowest BCUT2D eigenvalue weighted by atomic mass is 10.0. The molecule has 2 aromatic carbocycles. The molecule has 2 heterocycles. The molecule has 0 fully saturated rings. The molecule has 1 N–H and O–H groups in total. The Morgan fingerprint density at radius 1 is 0.964 bits per heavy atom. The molecular formula is C22H21N3O3. The molecule has 0 atom stereocenters. The van der Waals surface area contributed by atoms with E-state index in [2.05, 4.69) is 17.2 Å². The third-order valence-corrected chi connectivity index (χ3v) is 5.06. The van der Waals surface area contributed by atoms with Gasteiger partial charge in [-0.1, -0.05) is 36.4 Å². The van der Waals surface area contributed by atoms with Crippen molar-refractivity contribution < 1.29 is 14.7 Å². The van der Waals surface area contributed by atoms with E-state index in [1.54, 1.807) is 9.58 Å². The van der Waals surface area contributed by atoms with Crippen LogP contribution in [0.25, 0.3) is 0 Å². The summed E-state index contributed by atoms with van der Waals surface area (Å²) in [6.07, 6.45) is 3.59. The van der Waals surface area contributed by atoms with Crippen LogP contribution in [0.3, 0.4) is 0 Å². The van der Waals surface area contributed by atoms with Gasteiger partial charge >= 0.3 is 0 Å². The molecule has 28 heavy (non-hydrogen) atoms. The van der Waals surface area contributed by atoms with Crippen LogP contribution in [0.4, 0.5) is 5.69 Å². The second kappa shape index (κ2) is 7.78. The highest BCUT2D eigenvalue weighted by Crippen LogP contribution is 2.23. The summed E-state index contributed by atoms with van der Waals surface area (Å²) in [6, 6.07) is 16.2. The largest absolute Gasteiger partial charge is 0.396 e. The maximum Gasteiger partial charge on any atom is 0.277 e. The standard InChI is InChI=1S/C22H21N3O3/c26-12-9-16-1-3-17(4-2-16)13-18-5-7-20(8-6-18)24-10-11-25-21(22(24)28)19(15-27)14-23-25/h1-8,14-15,26H,9-13H2. The van der Waals surface area contributed by atoms with E-state index >= 15 is 0 Å². The van der Waals surface area contributed by atoms with E-state index in [1.807, 2.05) is 36.4 Å². The highest BCUT2D eigenvalue weighted by molar-refractivity contribution is 6.09. The predicted molar refractivity (Wildman–Crippen MR) is 106 cm³/mol. The Morgan fingerprint density at radius 2 is 1.61 bits per heavy atom. The third kappa shape index (κ3) is 3.46. The zero-order valence-electron chi connectivity index (χ0n) is 15.4. The summed E-state index contributed by atoms with van der Waals surface area (Å²) in [6.45, 7) is 1.25. The number of hydrogen-bond acceptors (Lipinski definition) is 4. The SMILES string of the molecule is O=Cc1cnn2c1C(=O)N(c1ccc(Cc3ccc(CCO)cc3)cc1)CC2. The number of amides is 1. The van der Waals surface area contributed by atoms with Crippen molar-refractivity contribution in [3.05, 3.63) is 82.7 Å². The van der Waals surface area contributed by atoms with Gasteiger partial charge in [-0.05, 0) is 41.7 Å². The van der Waals surface area contributed by atoms with Crippen LogP contribution in [0.1, 0.15) is 37.5 Å². The second-order valence-electron chi connectivity index (χ2n) is 6.88. The summed E-state index contributed by atoms with van der Waals surface area (Å²) >= 11 is 0. The Balaban J connectivity index is 1.49. The van der Waals surface area contributed by atoms with E-state index in [-0.39, 0.29) is 12.5 Å². The van der Waals surface area contributed by atoms with Crippen LogP contribution in [0, 0.1) is 0 Å². The van der Waals surface area contributed by atoms with Gasteiger partial charge in [0.2, 0.25) is 0 Å². The number of aldehydes is 1. The van der Waals surface area contributed by atoms with Gasteiger partial charge in [0, 0.05) is 18.8 Å². The number of carbonyl (C=O) groups is 2. The fraction of sp³-hybridized carbons (Fsp3) is 0.227. The molecular weight excluding hydrogens is 354 g/mol. The minimum absolute atomic E-state index is 0.158. The number of benzene rings is 2. The van der Waals surface area contributed by atoms with Gasteiger partial charge in [0.05, 0.1) is 18.3 Å². The lowest BCUT2D eigenvalue weighted by Gasteiger charge is -2.28. The highest BCUT2D eigenvalue weighted by Gasteiger charge is 2.29. The normalized spacial score (nSPS) is 13.5. The van der Waals surface area contributed by atoms with Gasteiger partial charge in [-0.2, -0.15) is 5.10 Å². The number of fused-ring (bicyclic) bond motifs is 1. The van der Waals surface area contributed by atoms with Crippen LogP contribution in [0.2, 0.25) is 0 Å². The summed E-state index contributed by atoms with van der Waals surface area (Å²) < 4.78 is 1.59. The van der Waals surface area contributed by atoms with Crippen molar-refractivity contribution in [1.29, 1.82) is 0 Å². The molecule has 0 saturated carbocycles. The van der Waals surface area contributed by atoms with Crippen molar-refractivity contribution in [3.63, 3.8) is 0 Å². The third-order valence-electron chi connectivity index (χ3n) is 5.06. The fourth-order valence-corrected chi connectivity index (χ4v) is 3.54. The number of rotatable bonds is 6. The first kappa shape index (κ1) is 18.1. The van der Waals surface area contributed by atoms with E-state index < -0.39 is 0 Å². The lowest BCUT2D eigenvalue weighted by Crippen LogP contribution is -2.41.